The third-order valence-corrected chi connectivity index (χ3v) is 13.6. The van der Waals surface area contributed by atoms with Crippen LogP contribution in [0.1, 0.15) is 108 Å². The van der Waals surface area contributed by atoms with Crippen LogP contribution in [-0.4, -0.2) is 26.3 Å². The second kappa shape index (κ2) is 8.67. The van der Waals surface area contributed by atoms with Crippen molar-refractivity contribution in [2.45, 2.75) is 97.8 Å². The summed E-state index contributed by atoms with van der Waals surface area (Å²) in [7, 11) is 0. The van der Waals surface area contributed by atoms with Crippen LogP contribution < -0.4 is 0 Å². The average Bonchev–Trinajstić information content (AvgIpc) is 3.37. The first-order valence-electron chi connectivity index (χ1n) is 15.9. The van der Waals surface area contributed by atoms with E-state index in [4.69, 9.17) is 0 Å². The van der Waals surface area contributed by atoms with Crippen LogP contribution >= 0.6 is 0 Å². The summed E-state index contributed by atoms with van der Waals surface area (Å²) in [5.74, 6) is -1.10. The van der Waals surface area contributed by atoms with E-state index in [2.05, 4.69) is 38.8 Å². The van der Waals surface area contributed by atoms with Gasteiger partial charge in [-0.1, -0.05) is 39.3 Å². The van der Waals surface area contributed by atoms with Crippen LogP contribution in [0.15, 0.2) is 42.1 Å². The van der Waals surface area contributed by atoms with Crippen molar-refractivity contribution >= 4 is 16.9 Å². The van der Waals surface area contributed by atoms with Crippen LogP contribution in [0.3, 0.4) is 0 Å². The highest BCUT2D eigenvalue weighted by molar-refractivity contribution is 5.85. The van der Waals surface area contributed by atoms with Gasteiger partial charge in [-0.15, -0.1) is 0 Å². The van der Waals surface area contributed by atoms with Gasteiger partial charge in [-0.3, -0.25) is 4.79 Å². The van der Waals surface area contributed by atoms with Gasteiger partial charge in [0.15, 0.2) is 11.5 Å². The third kappa shape index (κ3) is 3.52. The van der Waals surface area contributed by atoms with Gasteiger partial charge in [-0.05, 0) is 127 Å². The maximum absolute atomic E-state index is 14.2. The van der Waals surface area contributed by atoms with E-state index >= 15 is 0 Å². The summed E-state index contributed by atoms with van der Waals surface area (Å²) < 4.78 is 14.2. The summed E-state index contributed by atoms with van der Waals surface area (Å²) in [4.78, 5) is 15.8. The van der Waals surface area contributed by atoms with Gasteiger partial charge < -0.3 is 20.3 Å². The van der Waals surface area contributed by atoms with Crippen molar-refractivity contribution < 1.29 is 24.5 Å². The van der Waals surface area contributed by atoms with Gasteiger partial charge in [0.2, 0.25) is 0 Å². The van der Waals surface area contributed by atoms with Crippen LogP contribution in [0.2, 0.25) is 0 Å². The number of rotatable bonds is 2. The molecule has 0 saturated heterocycles. The van der Waals surface area contributed by atoms with Gasteiger partial charge in [0.1, 0.15) is 5.82 Å². The van der Waals surface area contributed by atoms with Gasteiger partial charge in [-0.2, -0.15) is 0 Å². The van der Waals surface area contributed by atoms with Crippen molar-refractivity contribution in [3.8, 4) is 11.5 Å². The summed E-state index contributed by atoms with van der Waals surface area (Å²) in [5.41, 5.74) is 4.56. The summed E-state index contributed by atoms with van der Waals surface area (Å²) >= 11 is 0. The summed E-state index contributed by atoms with van der Waals surface area (Å²) in [5, 5.41) is 33.1. The second-order valence-corrected chi connectivity index (χ2v) is 15.7. The number of aromatic hydroxyl groups is 2. The van der Waals surface area contributed by atoms with Crippen LogP contribution in [0.25, 0.3) is 10.9 Å². The standard InChI is InChI=1S/C37H44FNO4/c1-20-30-23(24-19-39-26-15-21(38)7-8-22(24)26)16-28-35(4,25(30)17-27(40)31(20)41)12-14-37(6)29-18-34(3,32(42)43)10-9-33(29,2)11-13-36(28,37)5/h7-8,15-17,19,23,29,39-41H,9-14,18H2,1-6H3,(H,42,43)/t23?,29-,33-,34-,35+,36-,37+/m1/s1. The first-order chi connectivity index (χ1) is 20.1. The molecule has 0 aliphatic heterocycles. The molecule has 3 fully saturated rings. The number of aromatic nitrogens is 1. The normalized spacial score (nSPS) is 38.4. The van der Waals surface area contributed by atoms with Gasteiger partial charge in [0, 0.05) is 28.4 Å². The number of benzene rings is 2. The Morgan fingerprint density at radius 3 is 2.42 bits per heavy atom. The van der Waals surface area contributed by atoms with Crippen molar-refractivity contribution in [3.63, 3.8) is 0 Å². The molecule has 2 aromatic carbocycles. The molecule has 228 valence electrons. The lowest BCUT2D eigenvalue weighted by Gasteiger charge is -2.70. The molecule has 43 heavy (non-hydrogen) atoms. The number of hydrogen-bond donors (Lipinski definition) is 4. The van der Waals surface area contributed by atoms with Crippen LogP contribution in [0.4, 0.5) is 4.39 Å². The van der Waals surface area contributed by atoms with Gasteiger partial charge in [0.05, 0.1) is 5.41 Å². The first-order valence-corrected chi connectivity index (χ1v) is 15.9. The molecule has 5 nitrogen and oxygen atoms in total. The molecule has 6 heteroatoms. The third-order valence-electron chi connectivity index (χ3n) is 13.6. The number of carboxylic acid groups (broad SMARTS) is 1. The molecule has 3 saturated carbocycles. The van der Waals surface area contributed by atoms with E-state index < -0.39 is 11.4 Å². The molecule has 1 aromatic heterocycles. The number of aliphatic carboxylic acids is 1. The van der Waals surface area contributed by atoms with Crippen molar-refractivity contribution in [3.05, 3.63) is 70.2 Å². The molecule has 0 spiro atoms. The minimum Gasteiger partial charge on any atom is -0.504 e. The fourth-order valence-corrected chi connectivity index (χ4v) is 10.6. The smallest absolute Gasteiger partial charge is 0.309 e. The Balaban J connectivity index is 1.46. The second-order valence-electron chi connectivity index (χ2n) is 15.7. The number of carbonyl (C=O) groups is 1. The fraction of sp³-hybridized carbons (Fsp3) is 0.541. The molecule has 7 atom stereocenters. The lowest BCUT2D eigenvalue weighted by molar-refractivity contribution is -0.177. The number of H-pyrrole nitrogens is 1. The molecule has 4 aliphatic carbocycles. The van der Waals surface area contributed by atoms with Gasteiger partial charge in [-0.25, -0.2) is 4.39 Å². The molecular weight excluding hydrogens is 541 g/mol. The number of fused-ring (bicyclic) bond motifs is 8. The maximum Gasteiger partial charge on any atom is 0.309 e. The number of aromatic amines is 1. The van der Waals surface area contributed by atoms with E-state index in [1.807, 2.05) is 26.1 Å². The van der Waals surface area contributed by atoms with Crippen molar-refractivity contribution in [2.75, 3.05) is 0 Å². The molecule has 0 amide bonds. The predicted molar refractivity (Wildman–Crippen MR) is 166 cm³/mol. The topological polar surface area (TPSA) is 93.5 Å². The van der Waals surface area contributed by atoms with E-state index in [1.54, 1.807) is 6.07 Å². The van der Waals surface area contributed by atoms with E-state index in [9.17, 15) is 24.5 Å². The van der Waals surface area contributed by atoms with Crippen molar-refractivity contribution in [1.29, 1.82) is 0 Å². The van der Waals surface area contributed by atoms with Crippen molar-refractivity contribution in [1.82, 2.24) is 4.98 Å². The highest BCUT2D eigenvalue weighted by Gasteiger charge is 2.67. The zero-order chi connectivity index (χ0) is 30.9. The van der Waals surface area contributed by atoms with Crippen LogP contribution in [0.5, 0.6) is 11.5 Å². The van der Waals surface area contributed by atoms with Gasteiger partial charge in [0.25, 0.3) is 0 Å². The van der Waals surface area contributed by atoms with Crippen molar-refractivity contribution in [2.24, 2.45) is 27.6 Å². The number of halogens is 1. The molecule has 4 aliphatic rings. The molecule has 1 heterocycles. The monoisotopic (exact) mass is 585 g/mol. The number of carboxylic acids is 1. The van der Waals surface area contributed by atoms with E-state index in [-0.39, 0.29) is 50.8 Å². The van der Waals surface area contributed by atoms with E-state index in [0.717, 1.165) is 66.1 Å². The zero-order valence-electron chi connectivity index (χ0n) is 26.2. The Morgan fingerprint density at radius 2 is 1.70 bits per heavy atom. The number of phenolic OH excluding ortho intramolecular Hbond substituents is 2. The zero-order valence-corrected chi connectivity index (χ0v) is 26.2. The first kappa shape index (κ1) is 28.5. The Hall–Kier alpha value is -3.28. The minimum absolute atomic E-state index is 0.0921. The molecule has 0 bridgehead atoms. The minimum atomic E-state index is -0.720. The quantitative estimate of drug-likeness (QED) is 0.179. The number of nitrogens with one attached hydrogen (secondary N) is 1. The molecule has 1 unspecified atom stereocenters. The number of phenols is 2. The Kier molecular flexibility index (Phi) is 5.74. The highest BCUT2D eigenvalue weighted by Crippen LogP contribution is 2.75. The molecular formula is C37H44FNO4. The van der Waals surface area contributed by atoms with E-state index in [0.29, 0.717) is 12.0 Å². The molecule has 7 rings (SSSR count). The van der Waals surface area contributed by atoms with Crippen LogP contribution in [-0.2, 0) is 10.2 Å². The highest BCUT2D eigenvalue weighted by atomic mass is 19.1. The van der Waals surface area contributed by atoms with Crippen LogP contribution in [0, 0.1) is 40.3 Å². The molecule has 0 radical (unpaired) electrons. The predicted octanol–water partition coefficient (Wildman–Crippen LogP) is 8.85. The fourth-order valence-electron chi connectivity index (χ4n) is 10.6. The SMILES string of the molecule is Cc1c(O)c(O)cc2c1C(c1c[nH]c3cc(F)ccc13)C=C1[C@@]2(C)CC[C@@]2(C)[C@@H]3C[C@](C)(C(=O)O)CC[C@]3(C)CC[C@]12C. The molecule has 4 N–H and O–H groups in total. The summed E-state index contributed by atoms with van der Waals surface area (Å²) in [6, 6.07) is 6.62. The molecule has 3 aromatic rings. The Bertz CT molecular complexity index is 1740. The summed E-state index contributed by atoms with van der Waals surface area (Å²) in [6.45, 7) is 13.4. The number of allylic oxidation sites excluding steroid dienone is 2. The largest absolute Gasteiger partial charge is 0.504 e. The average molecular weight is 586 g/mol. The lowest BCUT2D eigenvalue weighted by atomic mass is 9.34. The lowest BCUT2D eigenvalue weighted by Crippen LogP contribution is -2.62. The Morgan fingerprint density at radius 1 is 0.977 bits per heavy atom. The van der Waals surface area contributed by atoms with E-state index in [1.165, 1.54) is 17.7 Å². The maximum atomic E-state index is 14.2. The van der Waals surface area contributed by atoms with Gasteiger partial charge >= 0.3 is 5.97 Å². The Labute approximate surface area is 253 Å². The number of hydrogen-bond acceptors (Lipinski definition) is 3. The summed E-state index contributed by atoms with van der Waals surface area (Å²) in [6.07, 6.45) is 10.7.